The van der Waals surface area contributed by atoms with Crippen LogP contribution in [0.3, 0.4) is 0 Å². The molecule has 0 bridgehead atoms. The smallest absolute Gasteiger partial charge is 0.408 e. The van der Waals surface area contributed by atoms with Crippen molar-refractivity contribution in [1.82, 2.24) is 34.2 Å². The summed E-state index contributed by atoms with van der Waals surface area (Å²) in [6.07, 6.45) is 8.48. The molecule has 1 saturated carbocycles. The topological polar surface area (TPSA) is 174 Å². The number of carbonyl (C=O) groups excluding carboxylic acids is 1. The number of rotatable bonds is 10. The van der Waals surface area contributed by atoms with Crippen LogP contribution in [0.4, 0.5) is 16.0 Å². The zero-order valence-electron chi connectivity index (χ0n) is 34.2. The van der Waals surface area contributed by atoms with Crippen LogP contribution in [0, 0.1) is 17.7 Å². The van der Waals surface area contributed by atoms with Gasteiger partial charge in [0.1, 0.15) is 18.1 Å². The molecule has 6 heterocycles. The molecule has 3 unspecified atom stereocenters. The zero-order chi connectivity index (χ0) is 42.0. The number of hydrogen-bond acceptors (Lipinski definition) is 12. The van der Waals surface area contributed by atoms with Crippen molar-refractivity contribution in [2.45, 2.75) is 82.3 Å². The van der Waals surface area contributed by atoms with Crippen LogP contribution in [-0.2, 0) is 4.79 Å². The molecule has 0 spiro atoms. The van der Waals surface area contributed by atoms with E-state index in [2.05, 4.69) is 30.4 Å². The number of anilines is 2. The average Bonchev–Trinajstić information content (AvgIpc) is 3.61. The quantitative estimate of drug-likeness (QED) is 0.157. The molecule has 1 aliphatic carbocycles. The molecule has 2 aromatic carbocycles. The summed E-state index contributed by atoms with van der Waals surface area (Å²) in [5.41, 5.74) is 3.27. The fourth-order valence-corrected chi connectivity index (χ4v) is 9.79. The molecule has 322 valence electrons. The largest absolute Gasteiger partial charge is 0.420 e. The van der Waals surface area contributed by atoms with Crippen molar-refractivity contribution in [2.75, 3.05) is 56.0 Å². The van der Waals surface area contributed by atoms with Crippen LogP contribution in [0.1, 0.15) is 63.8 Å². The van der Waals surface area contributed by atoms with Crippen molar-refractivity contribution in [2.24, 2.45) is 11.8 Å². The lowest BCUT2D eigenvalue weighted by Gasteiger charge is -2.39. The molecule has 0 radical (unpaired) electrons. The van der Waals surface area contributed by atoms with E-state index in [-0.39, 0.29) is 29.1 Å². The number of carbonyl (C=O) groups is 1. The summed E-state index contributed by atoms with van der Waals surface area (Å²) in [6, 6.07) is 17.3. The number of oxazole rings is 1. The molecule has 5 atom stereocenters. The van der Waals surface area contributed by atoms with Crippen molar-refractivity contribution in [3.63, 3.8) is 0 Å². The fourth-order valence-electron chi connectivity index (χ4n) is 9.79. The van der Waals surface area contributed by atoms with Gasteiger partial charge in [-0.1, -0.05) is 24.6 Å². The van der Waals surface area contributed by atoms with E-state index in [1.165, 1.54) is 21.4 Å². The average molecular weight is 836 g/mol. The van der Waals surface area contributed by atoms with Crippen molar-refractivity contribution in [1.29, 1.82) is 0 Å². The van der Waals surface area contributed by atoms with E-state index in [1.807, 2.05) is 23.1 Å². The Morgan fingerprint density at radius 1 is 0.902 bits per heavy atom. The van der Waals surface area contributed by atoms with E-state index in [1.54, 1.807) is 42.6 Å². The number of benzene rings is 2. The standard InChI is InChI=1S/C45H54FN9O6/c46-35-28-47-44(50-41(35)30-5-4-8-34(26-30)54-17-2-1-9-40(54)57)48-32-7-3-6-31(25-32)43(59)53-23-21-51(22-24-53)18-14-29-15-19-52(20-16-29)33-10-11-36-38(27-33)61-45(60)55(36)37-12-13-39(56)49-42(37)58/h1-2,4-5,8-11,17,26-29,31-32,37,39,42,49,56,58H,3,6-7,12-16,18-25H2,(H,47,48,50)/t31-,32+,37?,39?,42?/m1/s1. The Hall–Kier alpha value is -5.42. The number of nitrogens with one attached hydrogen (secondary N) is 2. The summed E-state index contributed by atoms with van der Waals surface area (Å²) >= 11 is 0. The minimum atomic E-state index is -1.04. The van der Waals surface area contributed by atoms with Gasteiger partial charge in [-0.15, -0.1) is 0 Å². The summed E-state index contributed by atoms with van der Waals surface area (Å²) in [5.74, 6) is -0.00277. The minimum Gasteiger partial charge on any atom is -0.408 e. The second-order valence-corrected chi connectivity index (χ2v) is 17.1. The highest BCUT2D eigenvalue weighted by Gasteiger charge is 2.34. The molecule has 3 aliphatic heterocycles. The first-order valence-electron chi connectivity index (χ1n) is 21.8. The number of hydrogen-bond donors (Lipinski definition) is 4. The van der Waals surface area contributed by atoms with Crippen molar-refractivity contribution >= 4 is 28.6 Å². The molecule has 3 aromatic heterocycles. The van der Waals surface area contributed by atoms with Gasteiger partial charge in [-0.25, -0.2) is 19.2 Å². The summed E-state index contributed by atoms with van der Waals surface area (Å²) in [5, 5.41) is 26.4. The lowest BCUT2D eigenvalue weighted by atomic mass is 9.84. The van der Waals surface area contributed by atoms with Crippen LogP contribution >= 0.6 is 0 Å². The number of fused-ring (bicyclic) bond motifs is 1. The molecule has 3 saturated heterocycles. The van der Waals surface area contributed by atoms with Gasteiger partial charge < -0.3 is 29.7 Å². The third kappa shape index (κ3) is 8.99. The Kier molecular flexibility index (Phi) is 12.0. The molecular formula is C45H54FN9O6. The number of piperidine rings is 2. The summed E-state index contributed by atoms with van der Waals surface area (Å²) in [4.78, 5) is 54.6. The number of aromatic nitrogens is 4. The Balaban J connectivity index is 0.726. The van der Waals surface area contributed by atoms with Gasteiger partial charge >= 0.3 is 5.76 Å². The lowest BCUT2D eigenvalue weighted by molar-refractivity contribution is -0.138. The minimum absolute atomic E-state index is 0.0101. The normalized spacial score (nSPS) is 24.3. The van der Waals surface area contributed by atoms with E-state index in [0.717, 1.165) is 90.0 Å². The molecule has 4 fully saturated rings. The predicted octanol–water partition coefficient (Wildman–Crippen LogP) is 4.32. The van der Waals surface area contributed by atoms with Crippen LogP contribution < -0.4 is 26.8 Å². The van der Waals surface area contributed by atoms with Crippen molar-refractivity contribution < 1.29 is 23.8 Å². The summed E-state index contributed by atoms with van der Waals surface area (Å²) in [6.45, 7) is 6.04. The third-order valence-electron chi connectivity index (χ3n) is 13.2. The first kappa shape index (κ1) is 41.0. The number of halogens is 1. The highest BCUT2D eigenvalue weighted by molar-refractivity contribution is 5.79. The number of pyridine rings is 1. The molecule has 16 heteroatoms. The SMILES string of the molecule is O=C([C@@H]1CCC[C@H](Nc2ncc(F)c(-c3cccc(-n4ccccc4=O)c3)n2)C1)N1CCN(CCC2CCN(c3ccc4c(c3)oc(=O)n4C3CCC(O)NC3O)CC2)CC1. The van der Waals surface area contributed by atoms with Crippen LogP contribution in [0.2, 0.25) is 0 Å². The predicted molar refractivity (Wildman–Crippen MR) is 229 cm³/mol. The van der Waals surface area contributed by atoms with Crippen LogP contribution in [-0.4, -0.2) is 109 Å². The van der Waals surface area contributed by atoms with Gasteiger partial charge in [0.2, 0.25) is 11.9 Å². The van der Waals surface area contributed by atoms with E-state index < -0.39 is 30.1 Å². The highest BCUT2D eigenvalue weighted by atomic mass is 19.1. The van der Waals surface area contributed by atoms with Crippen molar-refractivity contribution in [3.8, 4) is 16.9 Å². The second-order valence-electron chi connectivity index (χ2n) is 17.1. The number of amides is 1. The molecule has 4 aliphatic rings. The molecule has 61 heavy (non-hydrogen) atoms. The summed E-state index contributed by atoms with van der Waals surface area (Å²) in [7, 11) is 0. The van der Waals surface area contributed by atoms with Gasteiger partial charge in [-0.2, -0.15) is 0 Å². The van der Waals surface area contributed by atoms with Crippen LogP contribution in [0.15, 0.2) is 87.1 Å². The van der Waals surface area contributed by atoms with E-state index >= 15 is 4.39 Å². The maximum Gasteiger partial charge on any atom is 0.420 e. The van der Waals surface area contributed by atoms with Crippen LogP contribution in [0.25, 0.3) is 28.0 Å². The Labute approximate surface area is 352 Å². The maximum absolute atomic E-state index is 15.1. The number of aliphatic hydroxyl groups excluding tert-OH is 2. The van der Waals surface area contributed by atoms with Gasteiger partial charge in [0.25, 0.3) is 5.56 Å². The first-order valence-corrected chi connectivity index (χ1v) is 21.8. The van der Waals surface area contributed by atoms with Gasteiger partial charge in [-0.05, 0) is 94.2 Å². The second kappa shape index (κ2) is 17.9. The molecule has 5 aromatic rings. The first-order chi connectivity index (χ1) is 29.7. The summed E-state index contributed by atoms with van der Waals surface area (Å²) < 4.78 is 23.7. The maximum atomic E-state index is 15.1. The zero-order valence-corrected chi connectivity index (χ0v) is 34.2. The number of aliphatic hydroxyl groups is 2. The Morgan fingerprint density at radius 2 is 1.74 bits per heavy atom. The fraction of sp³-hybridized carbons (Fsp3) is 0.489. The lowest BCUT2D eigenvalue weighted by Crippen LogP contribution is -2.51. The van der Waals surface area contributed by atoms with E-state index in [9.17, 15) is 24.6 Å². The molecular weight excluding hydrogens is 782 g/mol. The Bertz CT molecular complexity index is 2460. The molecule has 15 nitrogen and oxygen atoms in total. The van der Waals surface area contributed by atoms with Gasteiger partial charge in [0, 0.05) is 86.5 Å². The van der Waals surface area contributed by atoms with Crippen molar-refractivity contribution in [3.05, 3.63) is 99.8 Å². The van der Waals surface area contributed by atoms with E-state index in [4.69, 9.17) is 4.42 Å². The third-order valence-corrected chi connectivity index (χ3v) is 13.2. The molecule has 4 N–H and O–H groups in total. The Morgan fingerprint density at radius 3 is 2.54 bits per heavy atom. The van der Waals surface area contributed by atoms with Gasteiger partial charge in [0.05, 0.1) is 17.8 Å². The number of piperazine rings is 1. The van der Waals surface area contributed by atoms with Gasteiger partial charge in [-0.3, -0.25) is 28.9 Å². The highest BCUT2D eigenvalue weighted by Crippen LogP contribution is 2.32. The molecule has 1 amide bonds. The monoisotopic (exact) mass is 835 g/mol. The van der Waals surface area contributed by atoms with Gasteiger partial charge in [0.15, 0.2) is 11.4 Å². The molecule has 9 rings (SSSR count). The van der Waals surface area contributed by atoms with E-state index in [0.29, 0.717) is 53.5 Å². The number of nitrogens with zero attached hydrogens (tertiary/aromatic N) is 7. The van der Waals surface area contributed by atoms with Crippen LogP contribution in [0.5, 0.6) is 0 Å².